The molecule has 4 rings (SSSR count). The number of nitrogens with zero attached hydrogens (tertiary/aromatic N) is 3. The Labute approximate surface area is 195 Å². The lowest BCUT2D eigenvalue weighted by atomic mass is 10.0. The molecule has 2 N–H and O–H groups in total. The number of rotatable bonds is 7. The normalized spacial score (nSPS) is 15.0. The van der Waals surface area contributed by atoms with Gasteiger partial charge in [0.25, 0.3) is 5.91 Å². The third-order valence-electron chi connectivity index (χ3n) is 4.94. The molecule has 1 saturated heterocycles. The average molecular weight is 490 g/mol. The Morgan fingerprint density at radius 1 is 1.16 bits per heavy atom. The summed E-state index contributed by atoms with van der Waals surface area (Å²) in [5, 5.41) is 4.74. The van der Waals surface area contributed by atoms with Crippen LogP contribution >= 0.6 is 23.1 Å². The van der Waals surface area contributed by atoms with Crippen LogP contribution in [0.3, 0.4) is 0 Å². The molecule has 11 heteroatoms. The van der Waals surface area contributed by atoms with E-state index in [1.54, 1.807) is 17.8 Å². The Kier molecular flexibility index (Phi) is 7.09. The predicted octanol–water partition coefficient (Wildman–Crippen LogP) is 3.46. The second-order valence-corrected chi connectivity index (χ2v) is 11.4. The molecule has 168 valence electrons. The van der Waals surface area contributed by atoms with Gasteiger partial charge in [-0.05, 0) is 37.1 Å². The van der Waals surface area contributed by atoms with Crippen molar-refractivity contribution in [2.45, 2.75) is 28.1 Å². The highest BCUT2D eigenvalue weighted by Gasteiger charge is 2.23. The van der Waals surface area contributed by atoms with Crippen molar-refractivity contribution in [2.75, 3.05) is 29.6 Å². The summed E-state index contributed by atoms with van der Waals surface area (Å²) in [4.78, 5) is 24.5. The van der Waals surface area contributed by atoms with E-state index in [0.29, 0.717) is 37.3 Å². The van der Waals surface area contributed by atoms with Crippen LogP contribution in [0.25, 0.3) is 0 Å². The van der Waals surface area contributed by atoms with Gasteiger partial charge in [-0.2, -0.15) is 0 Å². The molecule has 1 fully saturated rings. The summed E-state index contributed by atoms with van der Waals surface area (Å²) in [6.07, 6.45) is 6.04. The van der Waals surface area contributed by atoms with E-state index in [1.165, 1.54) is 29.4 Å². The molecule has 1 aliphatic heterocycles. The maximum Gasteiger partial charge on any atom is 0.275 e. The van der Waals surface area contributed by atoms with Crippen LogP contribution in [-0.4, -0.2) is 49.7 Å². The smallest absolute Gasteiger partial charge is 0.275 e. The number of para-hydroxylation sites is 2. The van der Waals surface area contributed by atoms with Crippen LogP contribution in [0, 0.1) is 0 Å². The first-order valence-electron chi connectivity index (χ1n) is 10.0. The van der Waals surface area contributed by atoms with Gasteiger partial charge in [0.2, 0.25) is 10.0 Å². The Morgan fingerprint density at radius 3 is 2.59 bits per heavy atom. The first kappa shape index (κ1) is 22.7. The highest BCUT2D eigenvalue weighted by Crippen LogP contribution is 2.31. The van der Waals surface area contributed by atoms with Crippen molar-refractivity contribution in [3.8, 4) is 0 Å². The number of aromatic nitrogens is 2. The zero-order chi connectivity index (χ0) is 22.6. The number of amides is 1. The third-order valence-corrected chi connectivity index (χ3v) is 7.65. The molecule has 32 heavy (non-hydrogen) atoms. The fourth-order valence-corrected chi connectivity index (χ4v) is 6.09. The van der Waals surface area contributed by atoms with Crippen molar-refractivity contribution in [3.63, 3.8) is 0 Å². The van der Waals surface area contributed by atoms with Crippen LogP contribution in [0.1, 0.15) is 23.3 Å². The van der Waals surface area contributed by atoms with Crippen molar-refractivity contribution in [1.29, 1.82) is 0 Å². The van der Waals surface area contributed by atoms with E-state index >= 15 is 0 Å². The molecule has 1 amide bonds. The Morgan fingerprint density at radius 2 is 1.88 bits per heavy atom. The largest absolute Gasteiger partial charge is 0.370 e. The van der Waals surface area contributed by atoms with Crippen LogP contribution in [0.15, 0.2) is 63.4 Å². The SMILES string of the molecule is CS(=O)(=O)NC1CCN(c2ccccc2NC(=O)c2csc(Sc3ccncc3)n2)CC1. The maximum absolute atomic E-state index is 12.8. The summed E-state index contributed by atoms with van der Waals surface area (Å²) in [6, 6.07) is 11.4. The van der Waals surface area contributed by atoms with E-state index in [-0.39, 0.29) is 11.9 Å². The highest BCUT2D eigenvalue weighted by molar-refractivity contribution is 8.01. The Hall–Kier alpha value is -2.47. The molecule has 0 saturated carbocycles. The van der Waals surface area contributed by atoms with Gasteiger partial charge in [-0.3, -0.25) is 9.78 Å². The molecular weight excluding hydrogens is 466 g/mol. The van der Waals surface area contributed by atoms with Gasteiger partial charge >= 0.3 is 0 Å². The summed E-state index contributed by atoms with van der Waals surface area (Å²) in [5.41, 5.74) is 2.00. The zero-order valence-electron chi connectivity index (χ0n) is 17.4. The van der Waals surface area contributed by atoms with E-state index in [0.717, 1.165) is 14.9 Å². The number of benzene rings is 1. The number of thiazole rings is 1. The maximum atomic E-state index is 12.8. The molecular formula is C21H23N5O3S3. The summed E-state index contributed by atoms with van der Waals surface area (Å²) < 4.78 is 26.4. The number of sulfonamides is 1. The van der Waals surface area contributed by atoms with Gasteiger partial charge in [-0.15, -0.1) is 11.3 Å². The monoisotopic (exact) mass is 489 g/mol. The van der Waals surface area contributed by atoms with Crippen molar-refractivity contribution in [3.05, 3.63) is 59.9 Å². The number of nitrogens with one attached hydrogen (secondary N) is 2. The third kappa shape index (κ3) is 6.06. The Balaban J connectivity index is 1.41. The van der Waals surface area contributed by atoms with Gasteiger partial charge in [-0.1, -0.05) is 23.9 Å². The molecule has 3 heterocycles. The standard InChI is InChI=1S/C21H23N5O3S3/c1-32(28,29)25-15-8-12-26(13-9-15)19-5-3-2-4-17(19)23-20(27)18-14-30-21(24-18)31-16-6-10-22-11-7-16/h2-7,10-11,14-15,25H,8-9,12-13H2,1H3,(H,23,27). The quantitative estimate of drug-likeness (QED) is 0.524. The van der Waals surface area contributed by atoms with Gasteiger partial charge in [0, 0.05) is 41.8 Å². The number of piperidine rings is 1. The van der Waals surface area contributed by atoms with Crippen molar-refractivity contribution in [2.24, 2.45) is 0 Å². The van der Waals surface area contributed by atoms with E-state index in [2.05, 4.69) is 24.9 Å². The molecule has 0 aliphatic carbocycles. The molecule has 0 spiro atoms. The zero-order valence-corrected chi connectivity index (χ0v) is 19.8. The first-order chi connectivity index (χ1) is 15.4. The van der Waals surface area contributed by atoms with Crippen molar-refractivity contribution >= 4 is 50.4 Å². The molecule has 1 aliphatic rings. The number of anilines is 2. The van der Waals surface area contributed by atoms with Crippen LogP contribution < -0.4 is 14.9 Å². The van der Waals surface area contributed by atoms with Crippen LogP contribution in [0.2, 0.25) is 0 Å². The minimum absolute atomic E-state index is 0.0608. The second-order valence-electron chi connectivity index (χ2n) is 7.41. The number of hydrogen-bond donors (Lipinski definition) is 2. The lowest BCUT2D eigenvalue weighted by Gasteiger charge is -2.34. The minimum Gasteiger partial charge on any atom is -0.370 e. The number of pyridine rings is 1. The topological polar surface area (TPSA) is 104 Å². The van der Waals surface area contributed by atoms with E-state index in [9.17, 15) is 13.2 Å². The summed E-state index contributed by atoms with van der Waals surface area (Å²) in [5.74, 6) is -0.260. The fraction of sp³-hybridized carbons (Fsp3) is 0.286. The summed E-state index contributed by atoms with van der Waals surface area (Å²) in [6.45, 7) is 1.40. The lowest BCUT2D eigenvalue weighted by molar-refractivity contribution is 0.102. The molecule has 8 nitrogen and oxygen atoms in total. The van der Waals surface area contributed by atoms with Crippen molar-refractivity contribution in [1.82, 2.24) is 14.7 Å². The molecule has 3 aromatic rings. The summed E-state index contributed by atoms with van der Waals surface area (Å²) in [7, 11) is -3.21. The average Bonchev–Trinajstić information content (AvgIpc) is 3.23. The predicted molar refractivity (Wildman–Crippen MR) is 128 cm³/mol. The number of carbonyl (C=O) groups excluding carboxylic acids is 1. The van der Waals surface area contributed by atoms with E-state index < -0.39 is 10.0 Å². The number of carbonyl (C=O) groups is 1. The van der Waals surface area contributed by atoms with Crippen LogP contribution in [0.4, 0.5) is 11.4 Å². The molecule has 1 aromatic carbocycles. The van der Waals surface area contributed by atoms with Crippen LogP contribution in [0.5, 0.6) is 0 Å². The van der Waals surface area contributed by atoms with Crippen LogP contribution in [-0.2, 0) is 10.0 Å². The number of hydrogen-bond acceptors (Lipinski definition) is 8. The lowest BCUT2D eigenvalue weighted by Crippen LogP contribution is -2.44. The molecule has 0 bridgehead atoms. The highest BCUT2D eigenvalue weighted by atomic mass is 32.2. The second kappa shape index (κ2) is 9.99. The van der Waals surface area contributed by atoms with E-state index in [4.69, 9.17) is 0 Å². The molecule has 2 aromatic heterocycles. The van der Waals surface area contributed by atoms with Gasteiger partial charge < -0.3 is 10.2 Å². The molecule has 0 atom stereocenters. The van der Waals surface area contributed by atoms with Gasteiger partial charge in [0.1, 0.15) is 5.69 Å². The fourth-order valence-electron chi connectivity index (χ4n) is 3.50. The minimum atomic E-state index is -3.21. The van der Waals surface area contributed by atoms with Gasteiger partial charge in [-0.25, -0.2) is 18.1 Å². The molecule has 0 unspecified atom stereocenters. The van der Waals surface area contributed by atoms with Crippen molar-refractivity contribution < 1.29 is 13.2 Å². The van der Waals surface area contributed by atoms with Gasteiger partial charge in [0.05, 0.1) is 17.6 Å². The first-order valence-corrected chi connectivity index (χ1v) is 13.6. The summed E-state index contributed by atoms with van der Waals surface area (Å²) >= 11 is 2.92. The van der Waals surface area contributed by atoms with E-state index in [1.807, 2.05) is 36.4 Å². The molecule has 0 radical (unpaired) electrons. The van der Waals surface area contributed by atoms with Gasteiger partial charge in [0.15, 0.2) is 4.34 Å². The Bertz CT molecular complexity index is 1180.